The van der Waals surface area contributed by atoms with Crippen LogP contribution in [-0.2, 0) is 17.4 Å². The zero-order valence-electron chi connectivity index (χ0n) is 16.0. The van der Waals surface area contributed by atoms with Crippen molar-refractivity contribution in [2.75, 3.05) is 18.0 Å². The van der Waals surface area contributed by atoms with Crippen molar-refractivity contribution in [3.63, 3.8) is 0 Å². The minimum atomic E-state index is -4.42. The number of nitrogens with one attached hydrogen (secondary N) is 1. The zero-order valence-corrected chi connectivity index (χ0v) is 16.0. The monoisotopic (exact) mass is 391 g/mol. The maximum atomic E-state index is 12.9. The molecule has 1 aromatic carbocycles. The quantitative estimate of drug-likeness (QED) is 0.832. The summed E-state index contributed by atoms with van der Waals surface area (Å²) in [6.07, 6.45) is -1.19. The highest BCUT2D eigenvalue weighted by molar-refractivity contribution is 5.79. The fourth-order valence-corrected chi connectivity index (χ4v) is 3.35. The highest BCUT2D eigenvalue weighted by Gasteiger charge is 2.32. The van der Waals surface area contributed by atoms with Crippen LogP contribution in [0, 0.1) is 0 Å². The van der Waals surface area contributed by atoms with Gasteiger partial charge in [0.25, 0.3) is 0 Å². The van der Waals surface area contributed by atoms with Gasteiger partial charge in [0.1, 0.15) is 0 Å². The molecule has 0 radical (unpaired) electrons. The summed E-state index contributed by atoms with van der Waals surface area (Å²) in [4.78, 5) is 17.9. The third-order valence-electron chi connectivity index (χ3n) is 4.98. The van der Waals surface area contributed by atoms with Crippen LogP contribution in [0.1, 0.15) is 42.9 Å². The van der Waals surface area contributed by atoms with E-state index < -0.39 is 11.7 Å². The minimum absolute atomic E-state index is 0.0775. The first-order valence-electron chi connectivity index (χ1n) is 9.38. The molecule has 0 spiro atoms. The van der Waals surface area contributed by atoms with Gasteiger partial charge in [-0.1, -0.05) is 38.1 Å². The lowest BCUT2D eigenvalue weighted by molar-refractivity contribution is -0.137. The number of aromatic nitrogens is 1. The maximum absolute atomic E-state index is 12.9. The standard InChI is InChI=1S/C21H24F3N3O/c1-14(2)16-5-3-15(4-6-16)9-20(28)26-18-7-8-27(13-18)19-10-17(11-25-12-19)21(22,23)24/h3-6,10-12,14,18H,7-9,13H2,1-2H3,(H,26,28). The minimum Gasteiger partial charge on any atom is -0.368 e. The van der Waals surface area contributed by atoms with Gasteiger partial charge in [0.15, 0.2) is 0 Å². The van der Waals surface area contributed by atoms with Crippen molar-refractivity contribution in [2.45, 2.75) is 44.8 Å². The summed E-state index contributed by atoms with van der Waals surface area (Å²) in [6, 6.07) is 9.01. The Morgan fingerprint density at radius 1 is 1.25 bits per heavy atom. The van der Waals surface area contributed by atoms with Crippen molar-refractivity contribution in [1.29, 1.82) is 0 Å². The first-order valence-corrected chi connectivity index (χ1v) is 9.38. The van der Waals surface area contributed by atoms with Gasteiger partial charge >= 0.3 is 6.18 Å². The lowest BCUT2D eigenvalue weighted by Crippen LogP contribution is -2.38. The van der Waals surface area contributed by atoms with Crippen molar-refractivity contribution >= 4 is 11.6 Å². The van der Waals surface area contributed by atoms with Crippen LogP contribution in [0.2, 0.25) is 0 Å². The summed E-state index contributed by atoms with van der Waals surface area (Å²) in [5, 5.41) is 2.99. The Bertz CT molecular complexity index is 818. The number of carbonyl (C=O) groups is 1. The first kappa shape index (κ1) is 20.2. The van der Waals surface area contributed by atoms with Crippen LogP contribution < -0.4 is 10.2 Å². The first-order chi connectivity index (χ1) is 13.2. The molecule has 1 fully saturated rings. The van der Waals surface area contributed by atoms with Crippen LogP contribution >= 0.6 is 0 Å². The average Bonchev–Trinajstić information content (AvgIpc) is 3.10. The average molecular weight is 391 g/mol. The van der Waals surface area contributed by atoms with E-state index in [0.717, 1.165) is 17.8 Å². The van der Waals surface area contributed by atoms with E-state index >= 15 is 0 Å². The molecule has 1 N–H and O–H groups in total. The summed E-state index contributed by atoms with van der Waals surface area (Å²) in [6.45, 7) is 5.29. The number of amides is 1. The number of alkyl halides is 3. The normalized spacial score (nSPS) is 17.2. The third kappa shape index (κ3) is 5.03. The molecule has 1 aliphatic rings. The molecule has 0 saturated carbocycles. The maximum Gasteiger partial charge on any atom is 0.417 e. The van der Waals surface area contributed by atoms with Crippen LogP contribution in [0.15, 0.2) is 42.7 Å². The Hall–Kier alpha value is -2.57. The third-order valence-corrected chi connectivity index (χ3v) is 4.98. The van der Waals surface area contributed by atoms with Gasteiger partial charge in [-0.05, 0) is 29.5 Å². The largest absolute Gasteiger partial charge is 0.417 e. The Morgan fingerprint density at radius 3 is 2.61 bits per heavy atom. The number of benzene rings is 1. The highest BCUT2D eigenvalue weighted by atomic mass is 19.4. The van der Waals surface area contributed by atoms with E-state index in [1.54, 1.807) is 0 Å². The molecule has 1 amide bonds. The van der Waals surface area contributed by atoms with Gasteiger partial charge in [0.05, 0.1) is 23.9 Å². The molecule has 3 rings (SSSR count). The van der Waals surface area contributed by atoms with Crippen LogP contribution in [-0.4, -0.2) is 30.0 Å². The molecule has 4 nitrogen and oxygen atoms in total. The molecule has 1 aromatic heterocycles. The van der Waals surface area contributed by atoms with Gasteiger partial charge in [0, 0.05) is 25.3 Å². The van der Waals surface area contributed by atoms with Gasteiger partial charge in [-0.25, -0.2) is 0 Å². The lowest BCUT2D eigenvalue weighted by Gasteiger charge is -2.20. The molecule has 7 heteroatoms. The molecule has 0 bridgehead atoms. The molecule has 2 aromatic rings. The second-order valence-corrected chi connectivity index (χ2v) is 7.50. The van der Waals surface area contributed by atoms with Crippen molar-refractivity contribution in [1.82, 2.24) is 10.3 Å². The lowest BCUT2D eigenvalue weighted by atomic mass is 10.0. The summed E-state index contributed by atoms with van der Waals surface area (Å²) < 4.78 is 38.6. The second-order valence-electron chi connectivity index (χ2n) is 7.50. The van der Waals surface area contributed by atoms with Crippen LogP contribution in [0.25, 0.3) is 0 Å². The van der Waals surface area contributed by atoms with E-state index in [0.29, 0.717) is 37.5 Å². The van der Waals surface area contributed by atoms with E-state index in [2.05, 4.69) is 24.1 Å². The SMILES string of the molecule is CC(C)c1ccc(CC(=O)NC2CCN(c3cncc(C(F)(F)F)c3)C2)cc1. The van der Waals surface area contributed by atoms with E-state index in [1.807, 2.05) is 29.2 Å². The smallest absolute Gasteiger partial charge is 0.368 e. The molecule has 1 atom stereocenters. The number of nitrogens with zero attached hydrogens (tertiary/aromatic N) is 2. The van der Waals surface area contributed by atoms with Crippen LogP contribution in [0.5, 0.6) is 0 Å². The van der Waals surface area contributed by atoms with Crippen molar-refractivity contribution in [2.24, 2.45) is 0 Å². The van der Waals surface area contributed by atoms with Gasteiger partial charge < -0.3 is 10.2 Å². The topological polar surface area (TPSA) is 45.2 Å². The van der Waals surface area contributed by atoms with Crippen molar-refractivity contribution in [3.8, 4) is 0 Å². The van der Waals surface area contributed by atoms with Gasteiger partial charge in [-0.2, -0.15) is 13.2 Å². The Morgan fingerprint density at radius 2 is 1.96 bits per heavy atom. The molecule has 1 aliphatic heterocycles. The van der Waals surface area contributed by atoms with Gasteiger partial charge in [-0.3, -0.25) is 9.78 Å². The second kappa shape index (κ2) is 8.20. The summed E-state index contributed by atoms with van der Waals surface area (Å²) in [5.41, 5.74) is 1.84. The number of hydrogen-bond donors (Lipinski definition) is 1. The number of rotatable bonds is 5. The number of halogens is 3. The summed E-state index contributed by atoms with van der Waals surface area (Å²) in [5.74, 6) is 0.365. The molecule has 28 heavy (non-hydrogen) atoms. The number of pyridine rings is 1. The van der Waals surface area contributed by atoms with Gasteiger partial charge in [-0.15, -0.1) is 0 Å². The predicted octanol–water partition coefficient (Wildman–Crippen LogP) is 4.16. The molecule has 1 saturated heterocycles. The molecule has 1 unspecified atom stereocenters. The molecular weight excluding hydrogens is 367 g/mol. The van der Waals surface area contributed by atoms with E-state index in [4.69, 9.17) is 0 Å². The number of carbonyl (C=O) groups excluding carboxylic acids is 1. The summed E-state index contributed by atoms with van der Waals surface area (Å²) >= 11 is 0. The molecular formula is C21H24F3N3O. The fourth-order valence-electron chi connectivity index (χ4n) is 3.35. The van der Waals surface area contributed by atoms with Crippen molar-refractivity contribution < 1.29 is 18.0 Å². The molecule has 2 heterocycles. The predicted molar refractivity (Wildman–Crippen MR) is 102 cm³/mol. The van der Waals surface area contributed by atoms with E-state index in [9.17, 15) is 18.0 Å². The summed E-state index contributed by atoms with van der Waals surface area (Å²) in [7, 11) is 0. The molecule has 0 aliphatic carbocycles. The van der Waals surface area contributed by atoms with Gasteiger partial charge in [0.2, 0.25) is 5.91 Å². The van der Waals surface area contributed by atoms with Crippen molar-refractivity contribution in [3.05, 3.63) is 59.4 Å². The fraction of sp³-hybridized carbons (Fsp3) is 0.429. The molecule has 150 valence electrons. The van der Waals surface area contributed by atoms with Crippen LogP contribution in [0.4, 0.5) is 18.9 Å². The number of anilines is 1. The Labute approximate surface area is 162 Å². The Kier molecular flexibility index (Phi) is 5.91. The zero-order chi connectivity index (χ0) is 20.3. The highest BCUT2D eigenvalue weighted by Crippen LogP contribution is 2.31. The van der Waals surface area contributed by atoms with E-state index in [1.165, 1.54) is 11.8 Å². The number of hydrogen-bond acceptors (Lipinski definition) is 3. The van der Waals surface area contributed by atoms with E-state index in [-0.39, 0.29) is 11.9 Å². The van der Waals surface area contributed by atoms with Crippen LogP contribution in [0.3, 0.4) is 0 Å². The Balaban J connectivity index is 1.55.